The van der Waals surface area contributed by atoms with E-state index in [0.717, 1.165) is 60.1 Å². The summed E-state index contributed by atoms with van der Waals surface area (Å²) in [7, 11) is 0. The highest BCUT2D eigenvalue weighted by atomic mass is 19.4. The lowest BCUT2D eigenvalue weighted by Gasteiger charge is -2.28. The number of hydrogen-bond acceptors (Lipinski definition) is 8. The number of aliphatic carboxylic acids is 1. The third kappa shape index (κ3) is 7.07. The molecule has 1 fully saturated rings. The average molecular weight is 593 g/mol. The second kappa shape index (κ2) is 12.9. The number of alkyl halides is 3. The Morgan fingerprint density at radius 3 is 2.35 bits per heavy atom. The zero-order chi connectivity index (χ0) is 30.4. The highest BCUT2D eigenvalue weighted by molar-refractivity contribution is 6.05. The first-order valence-corrected chi connectivity index (χ1v) is 13.4. The summed E-state index contributed by atoms with van der Waals surface area (Å²) in [6.07, 6.45) is -0.639. The number of ether oxygens (including phenoxy) is 1. The number of benzene rings is 2. The number of rotatable bonds is 5. The van der Waals surface area contributed by atoms with Crippen molar-refractivity contribution in [3.63, 3.8) is 0 Å². The van der Waals surface area contributed by atoms with Gasteiger partial charge in [0.15, 0.2) is 0 Å². The average Bonchev–Trinajstić information content (AvgIpc) is 3.46. The van der Waals surface area contributed by atoms with Crippen molar-refractivity contribution in [2.24, 2.45) is 0 Å². The van der Waals surface area contributed by atoms with Crippen molar-refractivity contribution in [3.8, 4) is 11.3 Å². The zero-order valence-corrected chi connectivity index (χ0v) is 22.8. The van der Waals surface area contributed by atoms with Crippen LogP contribution < -0.4 is 15.1 Å². The first-order chi connectivity index (χ1) is 20.7. The molecule has 6 rings (SSSR count). The number of halogens is 3. The number of amides is 1. The Morgan fingerprint density at radius 2 is 1.67 bits per heavy atom. The number of carboxylic acid groups (broad SMARTS) is 1. The van der Waals surface area contributed by atoms with Gasteiger partial charge in [-0.15, -0.1) is 0 Å². The van der Waals surface area contributed by atoms with E-state index in [1.165, 1.54) is 0 Å². The Morgan fingerprint density at radius 1 is 0.930 bits per heavy atom. The minimum atomic E-state index is -5.08. The van der Waals surface area contributed by atoms with E-state index in [4.69, 9.17) is 24.6 Å². The molecule has 0 spiro atoms. The number of fused-ring (bicyclic) bond motifs is 1. The summed E-state index contributed by atoms with van der Waals surface area (Å²) in [6, 6.07) is 21.1. The monoisotopic (exact) mass is 592 g/mol. The predicted molar refractivity (Wildman–Crippen MR) is 154 cm³/mol. The second-order valence-corrected chi connectivity index (χ2v) is 9.59. The fourth-order valence-corrected chi connectivity index (χ4v) is 4.68. The first-order valence-electron chi connectivity index (χ1n) is 13.4. The van der Waals surface area contributed by atoms with Gasteiger partial charge in [0.1, 0.15) is 5.82 Å². The van der Waals surface area contributed by atoms with Gasteiger partial charge in [-0.3, -0.25) is 9.78 Å². The van der Waals surface area contributed by atoms with E-state index in [1.54, 1.807) is 6.20 Å². The van der Waals surface area contributed by atoms with Gasteiger partial charge in [-0.1, -0.05) is 30.3 Å². The van der Waals surface area contributed by atoms with Crippen molar-refractivity contribution in [2.45, 2.75) is 12.6 Å². The fraction of sp³-hybridized carbons (Fsp3) is 0.233. The van der Waals surface area contributed by atoms with E-state index in [0.29, 0.717) is 24.7 Å². The number of nitrogens with one attached hydrogen (secondary N) is 1. The summed E-state index contributed by atoms with van der Waals surface area (Å²) in [5.74, 6) is -1.33. The molecule has 0 unspecified atom stereocenters. The Kier molecular flexibility index (Phi) is 8.81. The molecule has 0 saturated carbocycles. The van der Waals surface area contributed by atoms with E-state index in [-0.39, 0.29) is 5.91 Å². The molecular weight excluding hydrogens is 565 g/mol. The fourth-order valence-electron chi connectivity index (χ4n) is 4.68. The first kappa shape index (κ1) is 29.5. The number of nitrogens with zero attached hydrogens (tertiary/aromatic N) is 5. The third-order valence-corrected chi connectivity index (χ3v) is 6.74. The lowest BCUT2D eigenvalue weighted by molar-refractivity contribution is -0.192. The normalized spacial score (nSPS) is 14.4. The largest absolute Gasteiger partial charge is 0.490 e. The van der Waals surface area contributed by atoms with Crippen molar-refractivity contribution in [3.05, 3.63) is 90.3 Å². The van der Waals surface area contributed by atoms with Gasteiger partial charge in [-0.2, -0.15) is 18.2 Å². The van der Waals surface area contributed by atoms with Gasteiger partial charge in [0, 0.05) is 48.2 Å². The molecule has 43 heavy (non-hydrogen) atoms. The van der Waals surface area contributed by atoms with Gasteiger partial charge in [-0.25, -0.2) is 9.78 Å². The summed E-state index contributed by atoms with van der Waals surface area (Å²) >= 11 is 0. The van der Waals surface area contributed by atoms with Crippen LogP contribution in [0.5, 0.6) is 0 Å². The van der Waals surface area contributed by atoms with Crippen molar-refractivity contribution < 1.29 is 32.6 Å². The molecule has 2 aromatic carbocycles. The molecule has 1 saturated heterocycles. The van der Waals surface area contributed by atoms with Crippen LogP contribution in [0.1, 0.15) is 15.9 Å². The Balaban J connectivity index is 0.000000472. The summed E-state index contributed by atoms with van der Waals surface area (Å²) in [4.78, 5) is 40.6. The number of anilines is 4. The van der Waals surface area contributed by atoms with Crippen molar-refractivity contribution in [1.29, 1.82) is 0 Å². The van der Waals surface area contributed by atoms with Gasteiger partial charge in [0.2, 0.25) is 5.95 Å². The Hall–Kier alpha value is -5.04. The standard InChI is InChI=1S/C28H26N6O2.C2HF3O2/c35-27(30-22-8-2-1-3-9-22)21-7-4-6-20(18-21)25-24-11-13-34(23-10-5-12-29-19-23)26(24)32-28(31-25)33-14-16-36-17-15-33;3-2(4,5)1(6)7/h1-10,12,18-19H,11,13-17H2,(H,30,35);(H,6,7). The van der Waals surface area contributed by atoms with Gasteiger partial charge in [0.25, 0.3) is 5.91 Å². The molecule has 0 aliphatic carbocycles. The summed E-state index contributed by atoms with van der Waals surface area (Å²) < 4.78 is 37.3. The van der Waals surface area contributed by atoms with E-state index >= 15 is 0 Å². The van der Waals surface area contributed by atoms with Crippen LogP contribution in [0.4, 0.5) is 36.3 Å². The molecule has 10 nitrogen and oxygen atoms in total. The number of aromatic nitrogens is 3. The van der Waals surface area contributed by atoms with Crippen LogP contribution in [-0.4, -0.2) is 71.0 Å². The minimum absolute atomic E-state index is 0.154. The number of carbonyl (C=O) groups is 2. The maximum atomic E-state index is 13.0. The number of carboxylic acids is 1. The molecule has 4 aromatic rings. The highest BCUT2D eigenvalue weighted by Gasteiger charge is 2.38. The van der Waals surface area contributed by atoms with E-state index < -0.39 is 12.1 Å². The summed E-state index contributed by atoms with van der Waals surface area (Å²) in [5.41, 5.74) is 5.19. The number of carbonyl (C=O) groups excluding carboxylic acids is 1. The van der Waals surface area contributed by atoms with E-state index in [2.05, 4.69) is 20.1 Å². The van der Waals surface area contributed by atoms with Crippen LogP contribution in [0, 0.1) is 0 Å². The smallest absolute Gasteiger partial charge is 0.475 e. The molecule has 2 aliphatic heterocycles. The maximum Gasteiger partial charge on any atom is 0.490 e. The van der Waals surface area contributed by atoms with Crippen molar-refractivity contribution in [2.75, 3.05) is 48.0 Å². The van der Waals surface area contributed by atoms with Gasteiger partial charge < -0.3 is 25.0 Å². The number of para-hydroxylation sites is 1. The van der Waals surface area contributed by atoms with Crippen LogP contribution >= 0.6 is 0 Å². The maximum absolute atomic E-state index is 13.0. The molecular formula is C30H27F3N6O4. The Bertz CT molecular complexity index is 1580. The van der Waals surface area contributed by atoms with Crippen molar-refractivity contribution >= 4 is 35.0 Å². The molecule has 0 atom stereocenters. The quantitative estimate of drug-likeness (QED) is 0.332. The third-order valence-electron chi connectivity index (χ3n) is 6.74. The van der Waals surface area contributed by atoms with Crippen LogP contribution in [-0.2, 0) is 16.0 Å². The van der Waals surface area contributed by atoms with Gasteiger partial charge in [0.05, 0.1) is 30.8 Å². The van der Waals surface area contributed by atoms with E-state index in [9.17, 15) is 18.0 Å². The summed E-state index contributed by atoms with van der Waals surface area (Å²) in [5, 5.41) is 10.1. The number of pyridine rings is 1. The molecule has 1 amide bonds. The lowest BCUT2D eigenvalue weighted by atomic mass is 10.0. The number of hydrogen-bond donors (Lipinski definition) is 2. The van der Waals surface area contributed by atoms with E-state index in [1.807, 2.05) is 72.9 Å². The molecule has 2 aromatic heterocycles. The molecule has 13 heteroatoms. The number of morpholine rings is 1. The predicted octanol–water partition coefficient (Wildman–Crippen LogP) is 4.96. The molecule has 2 aliphatic rings. The van der Waals surface area contributed by atoms with Crippen LogP contribution in [0.3, 0.4) is 0 Å². The van der Waals surface area contributed by atoms with Crippen LogP contribution in [0.2, 0.25) is 0 Å². The SMILES string of the molecule is O=C(Nc1ccccc1)c1cccc(-c2nc(N3CCOCC3)nc3c2CCN3c2cccnc2)c1.O=C(O)C(F)(F)F. The van der Waals surface area contributed by atoms with Crippen molar-refractivity contribution in [1.82, 2.24) is 15.0 Å². The zero-order valence-electron chi connectivity index (χ0n) is 22.8. The Labute approximate surface area is 244 Å². The van der Waals surface area contributed by atoms with Gasteiger partial charge in [-0.05, 0) is 42.8 Å². The van der Waals surface area contributed by atoms with Crippen LogP contribution in [0.25, 0.3) is 11.3 Å². The molecule has 222 valence electrons. The summed E-state index contributed by atoms with van der Waals surface area (Å²) in [6.45, 7) is 3.58. The van der Waals surface area contributed by atoms with Gasteiger partial charge >= 0.3 is 12.1 Å². The second-order valence-electron chi connectivity index (χ2n) is 9.59. The van der Waals surface area contributed by atoms with Crippen LogP contribution in [0.15, 0.2) is 79.1 Å². The molecule has 0 radical (unpaired) electrons. The highest BCUT2D eigenvalue weighted by Crippen LogP contribution is 2.39. The molecule has 2 N–H and O–H groups in total. The minimum Gasteiger partial charge on any atom is -0.475 e. The topological polar surface area (TPSA) is 121 Å². The molecule has 4 heterocycles. The molecule has 0 bridgehead atoms. The lowest BCUT2D eigenvalue weighted by Crippen LogP contribution is -2.37.